The van der Waals surface area contributed by atoms with Gasteiger partial charge in [-0.15, -0.1) is 0 Å². The molecule has 0 atom stereocenters. The third-order valence-electron chi connectivity index (χ3n) is 5.58. The number of benzene rings is 2. The van der Waals surface area contributed by atoms with E-state index in [9.17, 15) is 18.0 Å². The first-order valence-electron chi connectivity index (χ1n) is 10.00. The van der Waals surface area contributed by atoms with E-state index in [-0.39, 0.29) is 24.8 Å². The molecule has 3 aromatic rings. The van der Waals surface area contributed by atoms with Crippen LogP contribution in [0.4, 0.5) is 18.9 Å². The summed E-state index contributed by atoms with van der Waals surface area (Å²) < 4.78 is 52.5. The van der Waals surface area contributed by atoms with E-state index in [1.165, 1.54) is 9.58 Å². The van der Waals surface area contributed by atoms with Gasteiger partial charge in [0.1, 0.15) is 0 Å². The number of anilines is 1. The maximum absolute atomic E-state index is 13.5. The average molecular weight is 444 g/mol. The largest absolute Gasteiger partial charge is 0.454 e. The highest BCUT2D eigenvalue weighted by Gasteiger charge is 2.39. The minimum absolute atomic E-state index is 0.107. The molecule has 32 heavy (non-hydrogen) atoms. The number of hydrogen-bond acceptors (Lipinski definition) is 5. The van der Waals surface area contributed by atoms with Crippen molar-refractivity contribution in [2.45, 2.75) is 19.1 Å². The van der Waals surface area contributed by atoms with Crippen molar-refractivity contribution >= 4 is 11.6 Å². The lowest BCUT2D eigenvalue weighted by atomic mass is 10.1. The molecule has 1 N–H and O–H groups in total. The van der Waals surface area contributed by atoms with Crippen LogP contribution in [-0.4, -0.2) is 36.1 Å². The molecule has 3 heterocycles. The zero-order valence-electron chi connectivity index (χ0n) is 17.1. The molecule has 2 aromatic carbocycles. The number of ether oxygens (including phenoxy) is 2. The summed E-state index contributed by atoms with van der Waals surface area (Å²) in [5.74, 6) is 0.840. The zero-order chi connectivity index (χ0) is 22.5. The number of rotatable bonds is 3. The Morgan fingerprint density at radius 1 is 1.16 bits per heavy atom. The Bertz CT molecular complexity index is 1210. The molecule has 5 rings (SSSR count). The Morgan fingerprint density at radius 2 is 1.97 bits per heavy atom. The molecule has 10 heteroatoms. The van der Waals surface area contributed by atoms with Crippen molar-refractivity contribution in [3.63, 3.8) is 0 Å². The van der Waals surface area contributed by atoms with E-state index in [1.54, 1.807) is 49.5 Å². The van der Waals surface area contributed by atoms with E-state index in [0.717, 1.165) is 0 Å². The normalized spacial score (nSPS) is 14.9. The molecule has 0 fully saturated rings. The van der Waals surface area contributed by atoms with Crippen molar-refractivity contribution in [3.8, 4) is 17.2 Å². The molecule has 0 aliphatic carbocycles. The highest BCUT2D eigenvalue weighted by Crippen LogP contribution is 2.36. The minimum Gasteiger partial charge on any atom is -0.454 e. The molecule has 0 radical (unpaired) electrons. The summed E-state index contributed by atoms with van der Waals surface area (Å²) in [5.41, 5.74) is 1.10. The van der Waals surface area contributed by atoms with Crippen LogP contribution in [0.2, 0.25) is 0 Å². The van der Waals surface area contributed by atoms with Crippen LogP contribution in [0.5, 0.6) is 11.5 Å². The van der Waals surface area contributed by atoms with Gasteiger partial charge in [-0.1, -0.05) is 6.07 Å². The molecule has 0 bridgehead atoms. The molecule has 166 valence electrons. The molecule has 0 unspecified atom stereocenters. The number of nitrogens with one attached hydrogen (secondary N) is 1. The first-order valence-corrected chi connectivity index (χ1v) is 10.00. The molecule has 0 saturated carbocycles. The molecule has 1 amide bonds. The second-order valence-corrected chi connectivity index (χ2v) is 7.56. The van der Waals surface area contributed by atoms with Gasteiger partial charge >= 0.3 is 6.18 Å². The van der Waals surface area contributed by atoms with Gasteiger partial charge in [0, 0.05) is 49.4 Å². The lowest BCUT2D eigenvalue weighted by Gasteiger charge is -2.19. The number of fused-ring (bicyclic) bond motifs is 2. The lowest BCUT2D eigenvalue weighted by molar-refractivity contribution is -0.142. The Hall–Kier alpha value is -3.53. The minimum atomic E-state index is -4.55. The summed E-state index contributed by atoms with van der Waals surface area (Å²) in [5, 5.41) is 6.84. The maximum Gasteiger partial charge on any atom is 0.435 e. The summed E-state index contributed by atoms with van der Waals surface area (Å²) in [6, 6.07) is 11.6. The topological polar surface area (TPSA) is 68.6 Å². The highest BCUT2D eigenvalue weighted by atomic mass is 19.4. The van der Waals surface area contributed by atoms with Gasteiger partial charge in [-0.3, -0.25) is 4.79 Å². The summed E-state index contributed by atoms with van der Waals surface area (Å²) in [6.07, 6.45) is -4.14. The number of alkyl halides is 3. The van der Waals surface area contributed by atoms with E-state index in [0.29, 0.717) is 47.1 Å². The second-order valence-electron chi connectivity index (χ2n) is 7.56. The van der Waals surface area contributed by atoms with Crippen LogP contribution in [-0.2, 0) is 19.1 Å². The third kappa shape index (κ3) is 3.46. The fourth-order valence-corrected chi connectivity index (χ4v) is 3.96. The fraction of sp³-hybridized carbons (Fsp3) is 0.273. The van der Waals surface area contributed by atoms with Crippen molar-refractivity contribution in [3.05, 3.63) is 65.0 Å². The first-order chi connectivity index (χ1) is 15.3. The molecule has 0 saturated heterocycles. The number of halogens is 3. The molecule has 7 nitrogen and oxygen atoms in total. The predicted octanol–water partition coefficient (Wildman–Crippen LogP) is 3.54. The smallest absolute Gasteiger partial charge is 0.435 e. The van der Waals surface area contributed by atoms with Crippen LogP contribution in [0.1, 0.15) is 27.3 Å². The van der Waals surface area contributed by atoms with Crippen LogP contribution < -0.4 is 19.7 Å². The van der Waals surface area contributed by atoms with Crippen LogP contribution in [0, 0.1) is 0 Å². The maximum atomic E-state index is 13.5. The molecule has 2 aliphatic heterocycles. The number of carbonyl (C=O) groups is 1. The Labute approximate surface area is 181 Å². The highest BCUT2D eigenvalue weighted by molar-refractivity contribution is 6.06. The van der Waals surface area contributed by atoms with Crippen LogP contribution >= 0.6 is 0 Å². The predicted molar refractivity (Wildman–Crippen MR) is 109 cm³/mol. The number of hydrogen-bond donors (Lipinski definition) is 1. The number of amides is 1. The Morgan fingerprint density at radius 3 is 2.78 bits per heavy atom. The standard InChI is InChI=1S/C22H19F3N4O3/c1-28(14-5-6-18-19(10-14)32-12-31-18)21(30)13-3-2-4-15(9-13)29-17-7-8-26-11-16(17)20(27-29)22(23,24)25/h2-6,9-10,26H,7-8,11-12H2,1H3. The van der Waals surface area contributed by atoms with E-state index in [1.807, 2.05) is 0 Å². The van der Waals surface area contributed by atoms with Crippen LogP contribution in [0.25, 0.3) is 5.69 Å². The third-order valence-corrected chi connectivity index (χ3v) is 5.58. The van der Waals surface area contributed by atoms with E-state index in [4.69, 9.17) is 9.47 Å². The summed E-state index contributed by atoms with van der Waals surface area (Å²) in [4.78, 5) is 14.6. The van der Waals surface area contributed by atoms with Crippen molar-refractivity contribution in [2.75, 3.05) is 25.3 Å². The van der Waals surface area contributed by atoms with Gasteiger partial charge in [-0.05, 0) is 30.3 Å². The van der Waals surface area contributed by atoms with Crippen LogP contribution in [0.15, 0.2) is 42.5 Å². The molecular weight excluding hydrogens is 425 g/mol. The average Bonchev–Trinajstić information content (AvgIpc) is 3.42. The Kier molecular flexibility index (Phi) is 4.81. The van der Waals surface area contributed by atoms with Gasteiger partial charge in [0.2, 0.25) is 6.79 Å². The van der Waals surface area contributed by atoms with Gasteiger partial charge < -0.3 is 19.7 Å². The monoisotopic (exact) mass is 444 g/mol. The van der Waals surface area contributed by atoms with Crippen molar-refractivity contribution in [1.29, 1.82) is 0 Å². The van der Waals surface area contributed by atoms with Gasteiger partial charge in [-0.2, -0.15) is 18.3 Å². The van der Waals surface area contributed by atoms with Gasteiger partial charge in [0.25, 0.3) is 5.91 Å². The van der Waals surface area contributed by atoms with Crippen molar-refractivity contribution < 1.29 is 27.4 Å². The SMILES string of the molecule is CN(C(=O)c1cccc(-n2nc(C(F)(F)F)c3c2CCNC3)c1)c1ccc2c(c1)OCO2. The number of nitrogens with zero attached hydrogens (tertiary/aromatic N) is 3. The Balaban J connectivity index is 1.49. The van der Waals surface area contributed by atoms with Crippen LogP contribution in [0.3, 0.4) is 0 Å². The number of aromatic nitrogens is 2. The fourth-order valence-electron chi connectivity index (χ4n) is 3.96. The summed E-state index contributed by atoms with van der Waals surface area (Å²) >= 11 is 0. The van der Waals surface area contributed by atoms with E-state index in [2.05, 4.69) is 10.4 Å². The molecular formula is C22H19F3N4O3. The van der Waals surface area contributed by atoms with E-state index >= 15 is 0 Å². The first kappa shape index (κ1) is 20.4. The van der Waals surface area contributed by atoms with Crippen molar-refractivity contribution in [2.24, 2.45) is 0 Å². The summed E-state index contributed by atoms with van der Waals surface area (Å²) in [6.45, 7) is 0.791. The van der Waals surface area contributed by atoms with E-state index < -0.39 is 11.9 Å². The number of carbonyl (C=O) groups excluding carboxylic acids is 1. The van der Waals surface area contributed by atoms with Gasteiger partial charge in [0.05, 0.1) is 11.4 Å². The second kappa shape index (κ2) is 7.56. The van der Waals surface area contributed by atoms with Gasteiger partial charge in [0.15, 0.2) is 17.2 Å². The van der Waals surface area contributed by atoms with Gasteiger partial charge in [-0.25, -0.2) is 4.68 Å². The van der Waals surface area contributed by atoms with Crippen molar-refractivity contribution in [1.82, 2.24) is 15.1 Å². The zero-order valence-corrected chi connectivity index (χ0v) is 17.1. The molecule has 2 aliphatic rings. The summed E-state index contributed by atoms with van der Waals surface area (Å²) in [7, 11) is 1.62. The quantitative estimate of drug-likeness (QED) is 0.670. The lowest BCUT2D eigenvalue weighted by Crippen LogP contribution is -2.26. The molecule has 1 aromatic heterocycles. The molecule has 0 spiro atoms.